The van der Waals surface area contributed by atoms with Crippen LogP contribution in [0.3, 0.4) is 0 Å². The summed E-state index contributed by atoms with van der Waals surface area (Å²) in [6, 6.07) is 13.4. The second-order valence-electron chi connectivity index (χ2n) is 9.36. The third kappa shape index (κ3) is 6.88. The number of hydrogen-bond acceptors (Lipinski definition) is 5. The predicted octanol–water partition coefficient (Wildman–Crippen LogP) is 7.02. The molecule has 3 rings (SSSR count). The molecule has 0 saturated carbocycles. The Labute approximate surface area is 232 Å². The van der Waals surface area contributed by atoms with Crippen LogP contribution >= 0.6 is 0 Å². The lowest BCUT2D eigenvalue weighted by atomic mass is 9.99. The Morgan fingerprint density at radius 3 is 2.20 bits per heavy atom. The Kier molecular flexibility index (Phi) is 9.40. The molecule has 1 N–H and O–H groups in total. The highest BCUT2D eigenvalue weighted by Crippen LogP contribution is 2.37. The van der Waals surface area contributed by atoms with Gasteiger partial charge in [-0.15, -0.1) is 13.2 Å². The topological polar surface area (TPSA) is 93.1 Å². The van der Waals surface area contributed by atoms with Crippen LogP contribution in [0.25, 0.3) is 11.1 Å². The second kappa shape index (κ2) is 12.2. The zero-order valence-electron chi connectivity index (χ0n) is 22.9. The van der Waals surface area contributed by atoms with Crippen molar-refractivity contribution in [3.05, 3.63) is 71.3 Å². The molecule has 0 bridgehead atoms. The van der Waals surface area contributed by atoms with Crippen molar-refractivity contribution < 1.29 is 41.0 Å². The smallest absolute Gasteiger partial charge is 0.479 e. The van der Waals surface area contributed by atoms with Crippen LogP contribution in [0.4, 0.5) is 18.9 Å². The van der Waals surface area contributed by atoms with Gasteiger partial charge in [-0.2, -0.15) is 0 Å². The molecule has 0 amide bonds. The van der Waals surface area contributed by atoms with E-state index in [1.807, 2.05) is 6.92 Å². The lowest BCUT2D eigenvalue weighted by molar-refractivity contribution is -0.274. The van der Waals surface area contributed by atoms with Gasteiger partial charge in [0.2, 0.25) is 0 Å². The van der Waals surface area contributed by atoms with E-state index >= 15 is 0 Å². The van der Waals surface area contributed by atoms with E-state index < -0.39 is 28.5 Å². The summed E-state index contributed by atoms with van der Waals surface area (Å²) in [7, 11) is -4.07. The molecule has 40 heavy (non-hydrogen) atoms. The fourth-order valence-electron chi connectivity index (χ4n) is 4.25. The van der Waals surface area contributed by atoms with Gasteiger partial charge in [0.25, 0.3) is 10.0 Å². The predicted molar refractivity (Wildman–Crippen MR) is 146 cm³/mol. The molecule has 0 heterocycles. The van der Waals surface area contributed by atoms with E-state index in [1.165, 1.54) is 47.6 Å². The molecule has 0 saturated heterocycles. The summed E-state index contributed by atoms with van der Waals surface area (Å²) in [6.45, 7) is 8.62. The van der Waals surface area contributed by atoms with E-state index in [9.17, 15) is 31.5 Å². The first kappa shape index (κ1) is 30.8. The van der Waals surface area contributed by atoms with Gasteiger partial charge in [-0.05, 0) is 92.3 Å². The summed E-state index contributed by atoms with van der Waals surface area (Å²) in [5.41, 5.74) is 3.28. The van der Waals surface area contributed by atoms with Crippen LogP contribution in [0.1, 0.15) is 43.4 Å². The first-order chi connectivity index (χ1) is 18.7. The summed E-state index contributed by atoms with van der Waals surface area (Å²) in [4.78, 5) is 11.3. The number of halogens is 3. The second-order valence-corrected chi connectivity index (χ2v) is 11.2. The lowest BCUT2D eigenvalue weighted by Gasteiger charge is -2.28. The maximum Gasteiger partial charge on any atom is 0.573 e. The largest absolute Gasteiger partial charge is 0.573 e. The third-order valence-electron chi connectivity index (χ3n) is 6.59. The van der Waals surface area contributed by atoms with Crippen molar-refractivity contribution in [2.75, 3.05) is 10.8 Å². The van der Waals surface area contributed by atoms with E-state index in [2.05, 4.69) is 4.74 Å². The fraction of sp³-hybridized carbons (Fsp3) is 0.345. The van der Waals surface area contributed by atoms with Crippen LogP contribution in [0, 0.1) is 20.8 Å². The molecule has 0 aliphatic rings. The first-order valence-corrected chi connectivity index (χ1v) is 14.1. The number of sulfonamides is 1. The Morgan fingerprint density at radius 2 is 1.62 bits per heavy atom. The summed E-state index contributed by atoms with van der Waals surface area (Å²) in [5.74, 6) is -1.21. The number of nitrogens with zero attached hydrogens (tertiary/aromatic N) is 1. The van der Waals surface area contributed by atoms with Crippen molar-refractivity contribution in [1.82, 2.24) is 0 Å². The van der Waals surface area contributed by atoms with Crippen LogP contribution < -0.4 is 13.8 Å². The minimum Gasteiger partial charge on any atom is -0.479 e. The number of anilines is 1. The molecule has 1 unspecified atom stereocenters. The molecule has 1 atom stereocenters. The maximum absolute atomic E-state index is 14.1. The Balaban J connectivity index is 2.06. The van der Waals surface area contributed by atoms with Gasteiger partial charge < -0.3 is 14.6 Å². The van der Waals surface area contributed by atoms with Crippen molar-refractivity contribution in [3.63, 3.8) is 0 Å². The van der Waals surface area contributed by atoms with E-state index in [0.29, 0.717) is 39.9 Å². The highest BCUT2D eigenvalue weighted by atomic mass is 32.2. The van der Waals surface area contributed by atoms with Gasteiger partial charge in [0.1, 0.15) is 11.5 Å². The number of rotatable bonds is 11. The standard InChI is InChI=1S/C29H32F3NO6S/c1-6-7-17-33(40(36,37)27-16-15-26(18(2)19(27)3)38-21(5)28(34)35)25-10-8-9-24(20(25)4)22-11-13-23(14-12-22)39-29(30,31)32/h8-16,21H,6-7,17H2,1-5H3,(H,34,35). The van der Waals surface area contributed by atoms with E-state index in [1.54, 1.807) is 39.0 Å². The average Bonchev–Trinajstić information content (AvgIpc) is 2.87. The zero-order chi connectivity index (χ0) is 29.8. The maximum atomic E-state index is 14.1. The van der Waals surface area contributed by atoms with Gasteiger partial charge in [0.05, 0.1) is 10.6 Å². The Morgan fingerprint density at radius 1 is 0.975 bits per heavy atom. The number of ether oxygens (including phenoxy) is 2. The SMILES string of the molecule is CCCCN(c1cccc(-c2ccc(OC(F)(F)F)cc2)c1C)S(=O)(=O)c1ccc(OC(C)C(=O)O)c(C)c1C. The van der Waals surface area contributed by atoms with Crippen LogP contribution in [-0.2, 0) is 14.8 Å². The summed E-state index contributed by atoms with van der Waals surface area (Å²) < 4.78 is 76.7. The number of hydrogen-bond donors (Lipinski definition) is 1. The van der Waals surface area contributed by atoms with Crippen LogP contribution in [0.5, 0.6) is 11.5 Å². The van der Waals surface area contributed by atoms with E-state index in [-0.39, 0.29) is 22.9 Å². The molecule has 0 aromatic heterocycles. The number of carbonyl (C=O) groups is 1. The highest BCUT2D eigenvalue weighted by molar-refractivity contribution is 7.92. The minimum absolute atomic E-state index is 0.0647. The molecule has 3 aromatic carbocycles. The molecule has 11 heteroatoms. The van der Waals surface area contributed by atoms with Crippen molar-refractivity contribution in [3.8, 4) is 22.6 Å². The summed E-state index contributed by atoms with van der Waals surface area (Å²) >= 11 is 0. The van der Waals surface area contributed by atoms with Gasteiger partial charge >= 0.3 is 12.3 Å². The average molecular weight is 580 g/mol. The van der Waals surface area contributed by atoms with Crippen LogP contribution in [0.2, 0.25) is 0 Å². The lowest BCUT2D eigenvalue weighted by Crippen LogP contribution is -2.33. The molecule has 0 spiro atoms. The van der Waals surface area contributed by atoms with E-state index in [4.69, 9.17) is 4.74 Å². The van der Waals surface area contributed by atoms with Gasteiger partial charge in [-0.25, -0.2) is 13.2 Å². The molecule has 3 aromatic rings. The zero-order valence-corrected chi connectivity index (χ0v) is 23.7. The van der Waals surface area contributed by atoms with Gasteiger partial charge in [0.15, 0.2) is 6.10 Å². The molecule has 7 nitrogen and oxygen atoms in total. The van der Waals surface area contributed by atoms with Crippen LogP contribution in [-0.4, -0.2) is 38.5 Å². The monoisotopic (exact) mass is 579 g/mol. The number of carboxylic acids is 1. The van der Waals surface area contributed by atoms with Gasteiger partial charge in [-0.3, -0.25) is 4.31 Å². The van der Waals surface area contributed by atoms with Crippen molar-refractivity contribution >= 4 is 21.7 Å². The normalized spacial score (nSPS) is 12.6. The van der Waals surface area contributed by atoms with Gasteiger partial charge in [0, 0.05) is 6.54 Å². The number of alkyl halides is 3. The molecule has 216 valence electrons. The van der Waals surface area contributed by atoms with Crippen LogP contribution in [0.15, 0.2) is 59.5 Å². The fourth-order valence-corrected chi connectivity index (χ4v) is 6.10. The Hall–Kier alpha value is -3.73. The molecule has 0 aliphatic heterocycles. The molecule has 0 radical (unpaired) electrons. The third-order valence-corrected chi connectivity index (χ3v) is 8.55. The minimum atomic E-state index is -4.80. The van der Waals surface area contributed by atoms with Crippen molar-refractivity contribution in [2.24, 2.45) is 0 Å². The number of benzene rings is 3. The molecular formula is C29H32F3NO6S. The Bertz CT molecular complexity index is 1470. The highest BCUT2D eigenvalue weighted by Gasteiger charge is 2.31. The number of carboxylic acid groups (broad SMARTS) is 1. The molecule has 0 fully saturated rings. The van der Waals surface area contributed by atoms with E-state index in [0.717, 1.165) is 6.42 Å². The van der Waals surface area contributed by atoms with Crippen molar-refractivity contribution in [1.29, 1.82) is 0 Å². The van der Waals surface area contributed by atoms with Gasteiger partial charge in [-0.1, -0.05) is 37.6 Å². The number of unbranched alkanes of at least 4 members (excludes halogenated alkanes) is 1. The summed E-state index contributed by atoms with van der Waals surface area (Å²) in [6.07, 6.45) is -4.59. The van der Waals surface area contributed by atoms with Crippen molar-refractivity contribution in [2.45, 2.75) is 64.8 Å². The summed E-state index contributed by atoms with van der Waals surface area (Å²) in [5, 5.41) is 9.18. The first-order valence-electron chi connectivity index (χ1n) is 12.7. The quantitative estimate of drug-likeness (QED) is 0.262. The molecule has 0 aliphatic carbocycles. The molecular weight excluding hydrogens is 547 g/mol. The number of aliphatic carboxylic acids is 1.